The van der Waals surface area contributed by atoms with Crippen LogP contribution >= 0.6 is 0 Å². The highest BCUT2D eigenvalue weighted by molar-refractivity contribution is 5.78. The highest BCUT2D eigenvalue weighted by Gasteiger charge is 2.33. The third-order valence-electron chi connectivity index (χ3n) is 5.14. The van der Waals surface area contributed by atoms with Crippen LogP contribution < -0.4 is 0 Å². The molecule has 4 rings (SSSR count). The number of amides is 1. The minimum absolute atomic E-state index is 0.0402. The monoisotopic (exact) mass is 351 g/mol. The fraction of sp³-hybridized carbons (Fsp3) is 0.333. The molecule has 1 aliphatic rings. The summed E-state index contributed by atoms with van der Waals surface area (Å²) in [7, 11) is 0. The van der Waals surface area contributed by atoms with Gasteiger partial charge in [-0.25, -0.2) is 9.37 Å². The van der Waals surface area contributed by atoms with Gasteiger partial charge in [-0.2, -0.15) is 0 Å². The SMILES string of the molecule is CCC(=O)N1CCC[C@H]1c1nc2ccccc2n1Cc1ccccc1F. The number of carbonyl (C=O) groups is 1. The molecule has 4 nitrogen and oxygen atoms in total. The lowest BCUT2D eigenvalue weighted by Gasteiger charge is -2.25. The van der Waals surface area contributed by atoms with E-state index < -0.39 is 0 Å². The third-order valence-corrected chi connectivity index (χ3v) is 5.14. The van der Waals surface area contributed by atoms with Crippen molar-refractivity contribution >= 4 is 16.9 Å². The molecule has 0 saturated carbocycles. The Hall–Kier alpha value is -2.69. The molecule has 5 heteroatoms. The van der Waals surface area contributed by atoms with E-state index >= 15 is 0 Å². The van der Waals surface area contributed by atoms with Crippen molar-refractivity contribution in [3.05, 3.63) is 65.7 Å². The molecule has 1 atom stereocenters. The van der Waals surface area contributed by atoms with E-state index in [1.54, 1.807) is 12.1 Å². The number of nitrogens with zero attached hydrogens (tertiary/aromatic N) is 3. The molecule has 0 N–H and O–H groups in total. The summed E-state index contributed by atoms with van der Waals surface area (Å²) in [5, 5.41) is 0. The van der Waals surface area contributed by atoms with Gasteiger partial charge in [0.25, 0.3) is 0 Å². The van der Waals surface area contributed by atoms with Crippen molar-refractivity contribution in [2.24, 2.45) is 0 Å². The average Bonchev–Trinajstić information content (AvgIpc) is 3.28. The fourth-order valence-corrected chi connectivity index (χ4v) is 3.85. The Bertz CT molecular complexity index is 949. The van der Waals surface area contributed by atoms with E-state index in [2.05, 4.69) is 4.57 Å². The number of para-hydroxylation sites is 2. The van der Waals surface area contributed by atoms with E-state index in [4.69, 9.17) is 4.98 Å². The standard InChI is InChI=1S/C21H22FN3O/c1-2-20(26)24-13-7-12-19(24)21-23-17-10-5-6-11-18(17)25(21)14-15-8-3-4-9-16(15)22/h3-6,8-11,19H,2,7,12-14H2,1H3/t19-/m0/s1. The molecule has 0 radical (unpaired) electrons. The first kappa shape index (κ1) is 16.8. The normalized spacial score (nSPS) is 17.2. The number of aromatic nitrogens is 2. The van der Waals surface area contributed by atoms with Crippen molar-refractivity contribution in [2.75, 3.05) is 6.54 Å². The van der Waals surface area contributed by atoms with Crippen molar-refractivity contribution < 1.29 is 9.18 Å². The van der Waals surface area contributed by atoms with Gasteiger partial charge in [0.05, 0.1) is 23.6 Å². The fourth-order valence-electron chi connectivity index (χ4n) is 3.85. The van der Waals surface area contributed by atoms with Crippen molar-refractivity contribution in [3.8, 4) is 0 Å². The lowest BCUT2D eigenvalue weighted by molar-refractivity contribution is -0.131. The summed E-state index contributed by atoms with van der Waals surface area (Å²) in [5.74, 6) is 0.787. The summed E-state index contributed by atoms with van der Waals surface area (Å²) in [6.07, 6.45) is 2.36. The number of fused-ring (bicyclic) bond motifs is 1. The molecule has 26 heavy (non-hydrogen) atoms. The smallest absolute Gasteiger partial charge is 0.222 e. The second-order valence-electron chi connectivity index (χ2n) is 6.73. The largest absolute Gasteiger partial charge is 0.333 e. The maximum absolute atomic E-state index is 14.3. The Balaban J connectivity index is 1.82. The Morgan fingerprint density at radius 2 is 1.96 bits per heavy atom. The summed E-state index contributed by atoms with van der Waals surface area (Å²) in [6, 6.07) is 14.7. The van der Waals surface area contributed by atoms with Crippen LogP contribution in [0.5, 0.6) is 0 Å². The zero-order chi connectivity index (χ0) is 18.1. The maximum atomic E-state index is 14.3. The van der Waals surface area contributed by atoms with Crippen molar-refractivity contribution in [1.82, 2.24) is 14.5 Å². The summed E-state index contributed by atoms with van der Waals surface area (Å²) in [5.41, 5.74) is 2.49. The molecule has 134 valence electrons. The van der Waals surface area contributed by atoms with Crippen LogP contribution in [0.2, 0.25) is 0 Å². The minimum atomic E-state index is -0.218. The zero-order valence-corrected chi connectivity index (χ0v) is 14.9. The predicted molar refractivity (Wildman–Crippen MR) is 99.2 cm³/mol. The zero-order valence-electron chi connectivity index (χ0n) is 14.9. The molecule has 0 spiro atoms. The summed E-state index contributed by atoms with van der Waals surface area (Å²) in [4.78, 5) is 19.1. The summed E-state index contributed by atoms with van der Waals surface area (Å²) < 4.78 is 16.3. The molecular formula is C21H22FN3O. The summed E-state index contributed by atoms with van der Waals surface area (Å²) >= 11 is 0. The number of halogens is 1. The van der Waals surface area contributed by atoms with Gasteiger partial charge in [0.15, 0.2) is 0 Å². The second kappa shape index (κ2) is 6.90. The highest BCUT2D eigenvalue weighted by Crippen LogP contribution is 2.34. The van der Waals surface area contributed by atoms with Crippen LogP contribution in [0.3, 0.4) is 0 Å². The lowest BCUT2D eigenvalue weighted by Crippen LogP contribution is -2.31. The molecule has 1 aromatic heterocycles. The third kappa shape index (κ3) is 2.87. The topological polar surface area (TPSA) is 38.1 Å². The first-order valence-corrected chi connectivity index (χ1v) is 9.17. The van der Waals surface area contributed by atoms with E-state index in [-0.39, 0.29) is 17.8 Å². The van der Waals surface area contributed by atoms with Gasteiger partial charge in [-0.15, -0.1) is 0 Å². The van der Waals surface area contributed by atoms with Crippen LogP contribution in [-0.4, -0.2) is 26.9 Å². The van der Waals surface area contributed by atoms with Crippen molar-refractivity contribution in [1.29, 1.82) is 0 Å². The van der Waals surface area contributed by atoms with Crippen LogP contribution in [0.4, 0.5) is 4.39 Å². The van der Waals surface area contributed by atoms with Gasteiger partial charge in [-0.3, -0.25) is 4.79 Å². The van der Waals surface area contributed by atoms with Crippen LogP contribution in [0.1, 0.15) is 43.6 Å². The predicted octanol–water partition coefficient (Wildman–Crippen LogP) is 4.30. The maximum Gasteiger partial charge on any atom is 0.222 e. The Labute approximate surface area is 152 Å². The molecule has 1 amide bonds. The molecule has 1 saturated heterocycles. The van der Waals surface area contributed by atoms with Crippen LogP contribution in [0, 0.1) is 5.82 Å². The van der Waals surface area contributed by atoms with E-state index in [9.17, 15) is 9.18 Å². The highest BCUT2D eigenvalue weighted by atomic mass is 19.1. The van der Waals surface area contributed by atoms with Crippen LogP contribution in [0.25, 0.3) is 11.0 Å². The number of likely N-dealkylation sites (tertiary alicyclic amines) is 1. The number of imidazole rings is 1. The first-order valence-electron chi connectivity index (χ1n) is 9.17. The van der Waals surface area contributed by atoms with Gasteiger partial charge in [-0.05, 0) is 31.0 Å². The number of hydrogen-bond acceptors (Lipinski definition) is 2. The van der Waals surface area contributed by atoms with Gasteiger partial charge in [-0.1, -0.05) is 37.3 Å². The summed E-state index contributed by atoms with van der Waals surface area (Å²) in [6.45, 7) is 3.06. The molecule has 0 bridgehead atoms. The molecule has 1 fully saturated rings. The van der Waals surface area contributed by atoms with Crippen LogP contribution in [0.15, 0.2) is 48.5 Å². The molecule has 2 heterocycles. The van der Waals surface area contributed by atoms with E-state index in [1.165, 1.54) is 6.07 Å². The van der Waals surface area contributed by atoms with Gasteiger partial charge >= 0.3 is 0 Å². The average molecular weight is 351 g/mol. The van der Waals surface area contributed by atoms with Crippen molar-refractivity contribution in [2.45, 2.75) is 38.8 Å². The van der Waals surface area contributed by atoms with Gasteiger partial charge < -0.3 is 9.47 Å². The molecule has 0 unspecified atom stereocenters. The van der Waals surface area contributed by atoms with Crippen LogP contribution in [-0.2, 0) is 11.3 Å². The van der Waals surface area contributed by atoms with E-state index in [1.807, 2.05) is 42.2 Å². The van der Waals surface area contributed by atoms with Crippen molar-refractivity contribution in [3.63, 3.8) is 0 Å². The van der Waals surface area contributed by atoms with Gasteiger partial charge in [0.2, 0.25) is 5.91 Å². The van der Waals surface area contributed by atoms with Gasteiger partial charge in [0, 0.05) is 18.5 Å². The quantitative estimate of drug-likeness (QED) is 0.703. The number of hydrogen-bond donors (Lipinski definition) is 0. The Morgan fingerprint density at radius 3 is 2.77 bits per heavy atom. The molecule has 3 aromatic rings. The number of rotatable bonds is 4. The number of benzene rings is 2. The molecule has 2 aromatic carbocycles. The molecule has 0 aliphatic carbocycles. The Morgan fingerprint density at radius 1 is 1.19 bits per heavy atom. The lowest BCUT2D eigenvalue weighted by atomic mass is 10.1. The second-order valence-corrected chi connectivity index (χ2v) is 6.73. The minimum Gasteiger partial charge on any atom is -0.333 e. The first-order chi connectivity index (χ1) is 12.7. The van der Waals surface area contributed by atoms with E-state index in [0.717, 1.165) is 36.2 Å². The molecular weight excluding hydrogens is 329 g/mol. The number of carbonyl (C=O) groups excluding carboxylic acids is 1. The Kier molecular flexibility index (Phi) is 4.45. The molecule has 1 aliphatic heterocycles. The van der Waals surface area contributed by atoms with Gasteiger partial charge in [0.1, 0.15) is 11.6 Å². The van der Waals surface area contributed by atoms with E-state index in [0.29, 0.717) is 18.5 Å².